The Hall–Kier alpha value is -2.85. The molecule has 23 heavy (non-hydrogen) atoms. The molecule has 0 unspecified atom stereocenters. The Labute approximate surface area is 131 Å². The summed E-state index contributed by atoms with van der Waals surface area (Å²) in [6, 6.07) is 9.70. The highest BCUT2D eigenvalue weighted by Crippen LogP contribution is 2.26. The summed E-state index contributed by atoms with van der Waals surface area (Å²) in [5.41, 5.74) is 0.470. The molecule has 1 amide bonds. The normalized spacial score (nSPS) is 11.5. The molecule has 0 fully saturated rings. The average Bonchev–Trinajstić information content (AvgIpc) is 2.99. The van der Waals surface area contributed by atoms with Crippen molar-refractivity contribution >= 4 is 32.4 Å². The summed E-state index contributed by atoms with van der Waals surface area (Å²) in [4.78, 5) is 13.1. The van der Waals surface area contributed by atoms with Gasteiger partial charge >= 0.3 is 0 Å². The zero-order valence-electron chi connectivity index (χ0n) is 11.7. The van der Waals surface area contributed by atoms with Crippen LogP contribution < -0.4 is 10.5 Å². The summed E-state index contributed by atoms with van der Waals surface area (Å²) in [5.74, 6) is -0.364. The standard InChI is InChI=1S/C13H12N6O3S/c14-23(21,22)10-5-4-9-2-1-3-12(11(9)6-10)17-13(20)7-19-16-8-15-18-19/h1-6,8H,7H2,(H,17,20)(H2,14,21,22). The molecule has 0 radical (unpaired) electrons. The van der Waals surface area contributed by atoms with E-state index in [-0.39, 0.29) is 17.3 Å². The number of primary sulfonamides is 1. The van der Waals surface area contributed by atoms with Gasteiger partial charge in [0.05, 0.1) is 4.90 Å². The van der Waals surface area contributed by atoms with Crippen molar-refractivity contribution in [2.24, 2.45) is 5.14 Å². The molecular formula is C13H12N6O3S. The second kappa shape index (κ2) is 5.74. The highest BCUT2D eigenvalue weighted by Gasteiger charge is 2.12. The molecule has 118 valence electrons. The summed E-state index contributed by atoms with van der Waals surface area (Å²) in [7, 11) is -3.83. The Morgan fingerprint density at radius 2 is 2.09 bits per heavy atom. The Bertz CT molecular complexity index is 969. The first kappa shape index (κ1) is 15.1. The molecule has 0 aliphatic rings. The van der Waals surface area contributed by atoms with Crippen LogP contribution in [-0.4, -0.2) is 34.5 Å². The number of carbonyl (C=O) groups is 1. The zero-order valence-corrected chi connectivity index (χ0v) is 12.6. The smallest absolute Gasteiger partial charge is 0.248 e. The fraction of sp³-hybridized carbons (Fsp3) is 0.0769. The van der Waals surface area contributed by atoms with Crippen LogP contribution in [0.25, 0.3) is 10.8 Å². The number of hydrogen-bond acceptors (Lipinski definition) is 6. The molecule has 0 saturated carbocycles. The van der Waals surface area contributed by atoms with Crippen molar-refractivity contribution in [3.8, 4) is 0 Å². The van der Waals surface area contributed by atoms with Crippen LogP contribution in [0.2, 0.25) is 0 Å². The molecule has 0 aliphatic carbocycles. The van der Waals surface area contributed by atoms with Gasteiger partial charge in [-0.1, -0.05) is 18.2 Å². The van der Waals surface area contributed by atoms with Gasteiger partial charge < -0.3 is 5.32 Å². The predicted octanol–water partition coefficient (Wildman–Crippen LogP) is 0.112. The van der Waals surface area contributed by atoms with Crippen LogP contribution in [0.5, 0.6) is 0 Å². The Balaban J connectivity index is 1.95. The van der Waals surface area contributed by atoms with E-state index in [1.807, 2.05) is 0 Å². The molecule has 10 heteroatoms. The Morgan fingerprint density at radius 3 is 2.78 bits per heavy atom. The third-order valence-corrected chi connectivity index (χ3v) is 4.04. The highest BCUT2D eigenvalue weighted by atomic mass is 32.2. The number of hydrogen-bond donors (Lipinski definition) is 2. The lowest BCUT2D eigenvalue weighted by Crippen LogP contribution is -2.20. The van der Waals surface area contributed by atoms with Gasteiger partial charge in [-0.25, -0.2) is 13.6 Å². The number of amides is 1. The average molecular weight is 332 g/mol. The first-order valence-electron chi connectivity index (χ1n) is 6.50. The maximum atomic E-state index is 12.0. The van der Waals surface area contributed by atoms with Gasteiger partial charge in [0, 0.05) is 11.1 Å². The Morgan fingerprint density at radius 1 is 1.26 bits per heavy atom. The minimum Gasteiger partial charge on any atom is -0.324 e. The lowest BCUT2D eigenvalue weighted by molar-refractivity contribution is -0.117. The predicted molar refractivity (Wildman–Crippen MR) is 81.8 cm³/mol. The first-order chi connectivity index (χ1) is 10.9. The maximum Gasteiger partial charge on any atom is 0.248 e. The molecular weight excluding hydrogens is 320 g/mol. The van der Waals surface area contributed by atoms with Gasteiger partial charge in [-0.3, -0.25) is 4.79 Å². The number of nitrogens with two attached hydrogens (primary N) is 1. The van der Waals surface area contributed by atoms with Crippen molar-refractivity contribution in [3.63, 3.8) is 0 Å². The number of tetrazole rings is 1. The van der Waals surface area contributed by atoms with Gasteiger partial charge in [-0.15, -0.1) is 10.2 Å². The number of rotatable bonds is 4. The maximum absolute atomic E-state index is 12.0. The molecule has 3 N–H and O–H groups in total. The van der Waals surface area contributed by atoms with Crippen molar-refractivity contribution in [1.82, 2.24) is 20.2 Å². The van der Waals surface area contributed by atoms with Crippen molar-refractivity contribution in [3.05, 3.63) is 42.7 Å². The molecule has 1 aromatic heterocycles. The molecule has 3 aromatic rings. The van der Waals surface area contributed by atoms with E-state index < -0.39 is 10.0 Å². The van der Waals surface area contributed by atoms with Gasteiger partial charge in [-0.2, -0.15) is 4.80 Å². The van der Waals surface area contributed by atoms with Gasteiger partial charge in [0.2, 0.25) is 15.9 Å². The zero-order chi connectivity index (χ0) is 16.4. The fourth-order valence-electron chi connectivity index (χ4n) is 2.12. The van der Waals surface area contributed by atoms with Crippen molar-refractivity contribution < 1.29 is 13.2 Å². The molecule has 3 rings (SSSR count). The molecule has 0 saturated heterocycles. The quantitative estimate of drug-likeness (QED) is 0.697. The lowest BCUT2D eigenvalue weighted by atomic mass is 10.1. The van der Waals surface area contributed by atoms with Crippen LogP contribution in [0.4, 0.5) is 5.69 Å². The third kappa shape index (κ3) is 3.33. The van der Waals surface area contributed by atoms with E-state index in [1.165, 1.54) is 18.5 Å². The summed E-state index contributed by atoms with van der Waals surface area (Å²) in [6.07, 6.45) is 1.23. The van der Waals surface area contributed by atoms with E-state index in [4.69, 9.17) is 5.14 Å². The van der Waals surface area contributed by atoms with Crippen LogP contribution in [-0.2, 0) is 21.4 Å². The topological polar surface area (TPSA) is 133 Å². The van der Waals surface area contributed by atoms with E-state index >= 15 is 0 Å². The van der Waals surface area contributed by atoms with E-state index in [0.717, 1.165) is 10.2 Å². The van der Waals surface area contributed by atoms with Crippen molar-refractivity contribution in [1.29, 1.82) is 0 Å². The lowest BCUT2D eigenvalue weighted by Gasteiger charge is -2.09. The number of anilines is 1. The number of benzene rings is 2. The monoisotopic (exact) mass is 332 g/mol. The molecule has 0 atom stereocenters. The van der Waals surface area contributed by atoms with E-state index in [9.17, 15) is 13.2 Å². The molecule has 0 bridgehead atoms. The SMILES string of the molecule is NS(=O)(=O)c1ccc2cccc(NC(=O)Cn3ncnn3)c2c1. The van der Waals surface area contributed by atoms with Crippen LogP contribution in [0.3, 0.4) is 0 Å². The highest BCUT2D eigenvalue weighted by molar-refractivity contribution is 7.89. The summed E-state index contributed by atoms with van der Waals surface area (Å²) in [6.45, 7) is -0.106. The fourth-order valence-corrected chi connectivity index (χ4v) is 2.66. The van der Waals surface area contributed by atoms with E-state index in [0.29, 0.717) is 11.1 Å². The van der Waals surface area contributed by atoms with Gasteiger partial charge in [0.15, 0.2) is 6.33 Å². The van der Waals surface area contributed by atoms with Gasteiger partial charge in [0.1, 0.15) is 6.54 Å². The number of nitrogens with one attached hydrogen (secondary N) is 1. The minimum atomic E-state index is -3.83. The van der Waals surface area contributed by atoms with Crippen LogP contribution in [0.15, 0.2) is 47.6 Å². The van der Waals surface area contributed by atoms with E-state index in [2.05, 4.69) is 20.7 Å². The van der Waals surface area contributed by atoms with Crippen LogP contribution in [0, 0.1) is 0 Å². The molecule has 0 spiro atoms. The molecule has 9 nitrogen and oxygen atoms in total. The summed E-state index contributed by atoms with van der Waals surface area (Å²) >= 11 is 0. The van der Waals surface area contributed by atoms with Gasteiger partial charge in [-0.05, 0) is 28.8 Å². The minimum absolute atomic E-state index is 0.0235. The molecule has 2 aromatic carbocycles. The number of nitrogens with zero attached hydrogens (tertiary/aromatic N) is 4. The number of carbonyl (C=O) groups excluding carboxylic acids is 1. The summed E-state index contributed by atoms with van der Waals surface area (Å²) < 4.78 is 23.0. The largest absolute Gasteiger partial charge is 0.324 e. The molecule has 0 aliphatic heterocycles. The second-order valence-electron chi connectivity index (χ2n) is 4.75. The number of aromatic nitrogens is 4. The Kier molecular flexibility index (Phi) is 3.76. The van der Waals surface area contributed by atoms with Gasteiger partial charge in [0.25, 0.3) is 0 Å². The first-order valence-corrected chi connectivity index (χ1v) is 8.04. The number of fused-ring (bicyclic) bond motifs is 1. The van der Waals surface area contributed by atoms with Crippen molar-refractivity contribution in [2.75, 3.05) is 5.32 Å². The molecule has 1 heterocycles. The van der Waals surface area contributed by atoms with Crippen LogP contribution >= 0.6 is 0 Å². The van der Waals surface area contributed by atoms with Crippen molar-refractivity contribution in [2.45, 2.75) is 11.4 Å². The van der Waals surface area contributed by atoms with E-state index in [1.54, 1.807) is 24.3 Å². The second-order valence-corrected chi connectivity index (χ2v) is 6.31. The summed E-state index contributed by atoms with van der Waals surface area (Å²) in [5, 5.41) is 20.0. The number of sulfonamides is 1. The van der Waals surface area contributed by atoms with Crippen LogP contribution in [0.1, 0.15) is 0 Å². The third-order valence-electron chi connectivity index (χ3n) is 3.13.